The Kier molecular flexibility index (Phi) is 5.72. The predicted molar refractivity (Wildman–Crippen MR) is 92.6 cm³/mol. The van der Waals surface area contributed by atoms with Gasteiger partial charge in [0.2, 0.25) is 0 Å². The fourth-order valence-corrected chi connectivity index (χ4v) is 2.87. The van der Waals surface area contributed by atoms with Crippen molar-refractivity contribution in [1.82, 2.24) is 30.0 Å². The summed E-state index contributed by atoms with van der Waals surface area (Å²) in [4.78, 5) is 17.0. The van der Waals surface area contributed by atoms with Crippen LogP contribution in [0.25, 0.3) is 5.69 Å². The zero-order valence-corrected chi connectivity index (χ0v) is 14.7. The van der Waals surface area contributed by atoms with Crippen LogP contribution in [0.3, 0.4) is 0 Å². The first-order valence-corrected chi connectivity index (χ1v) is 8.52. The Morgan fingerprint density at radius 3 is 2.92 bits per heavy atom. The van der Waals surface area contributed by atoms with E-state index in [1.807, 2.05) is 43.3 Å². The molecule has 1 aromatic carbocycles. The number of carbonyl (C=O) groups excluding carboxylic acids is 1. The topological polar surface area (TPSA) is 76.4 Å². The van der Waals surface area contributed by atoms with Crippen molar-refractivity contribution in [2.24, 2.45) is 0 Å². The molecule has 134 valence electrons. The zero-order chi connectivity index (χ0) is 17.6. The van der Waals surface area contributed by atoms with Crippen molar-refractivity contribution >= 4 is 5.91 Å². The van der Waals surface area contributed by atoms with Crippen LogP contribution in [-0.4, -0.2) is 82.4 Å². The van der Waals surface area contributed by atoms with E-state index >= 15 is 0 Å². The lowest BCUT2D eigenvalue weighted by atomic mass is 10.1. The highest BCUT2D eigenvalue weighted by Gasteiger charge is 2.23. The lowest BCUT2D eigenvalue weighted by Gasteiger charge is -2.27. The smallest absolute Gasteiger partial charge is 0.254 e. The molecule has 0 aliphatic carbocycles. The largest absolute Gasteiger partial charge is 0.376 e. The number of tetrazole rings is 1. The number of nitrogens with zero attached hydrogens (tertiary/aromatic N) is 6. The van der Waals surface area contributed by atoms with E-state index in [0.717, 1.165) is 31.7 Å². The van der Waals surface area contributed by atoms with Crippen molar-refractivity contribution in [3.05, 3.63) is 36.2 Å². The minimum atomic E-state index is 0.00674. The minimum absolute atomic E-state index is 0.00674. The van der Waals surface area contributed by atoms with Gasteiger partial charge in [0.15, 0.2) is 0 Å². The molecule has 1 atom stereocenters. The second kappa shape index (κ2) is 8.17. The first-order chi connectivity index (χ1) is 12.1. The van der Waals surface area contributed by atoms with E-state index in [1.165, 1.54) is 6.33 Å². The van der Waals surface area contributed by atoms with Gasteiger partial charge in [-0.3, -0.25) is 4.79 Å². The van der Waals surface area contributed by atoms with Crippen molar-refractivity contribution in [3.8, 4) is 5.69 Å². The maximum absolute atomic E-state index is 13.1. The third-order valence-electron chi connectivity index (χ3n) is 4.26. The van der Waals surface area contributed by atoms with Gasteiger partial charge in [0.1, 0.15) is 6.33 Å². The standard InChI is InChI=1S/C17H24N6O2/c1-21(2)8-9-22(12-16-7-4-10-25-16)17(24)14-5-3-6-15(11-14)23-13-18-19-20-23/h3,5-6,11,13,16H,4,7-10,12H2,1-2H3. The molecule has 3 rings (SSSR count). The molecule has 0 N–H and O–H groups in total. The number of likely N-dealkylation sites (N-methyl/N-ethyl adjacent to an activating group) is 1. The van der Waals surface area contributed by atoms with Gasteiger partial charge < -0.3 is 14.5 Å². The Morgan fingerprint density at radius 1 is 1.36 bits per heavy atom. The van der Waals surface area contributed by atoms with Gasteiger partial charge in [-0.05, 0) is 55.6 Å². The van der Waals surface area contributed by atoms with Crippen molar-refractivity contribution in [3.63, 3.8) is 0 Å². The number of carbonyl (C=O) groups is 1. The van der Waals surface area contributed by atoms with Crippen LogP contribution >= 0.6 is 0 Å². The number of hydrogen-bond donors (Lipinski definition) is 0. The molecule has 1 aliphatic heterocycles. The van der Waals surface area contributed by atoms with Crippen LogP contribution in [0.2, 0.25) is 0 Å². The first-order valence-electron chi connectivity index (χ1n) is 8.52. The molecule has 1 amide bonds. The summed E-state index contributed by atoms with van der Waals surface area (Å²) in [5.74, 6) is 0.00674. The number of rotatable bonds is 7. The summed E-state index contributed by atoms with van der Waals surface area (Å²) in [5, 5.41) is 11.2. The molecule has 0 bridgehead atoms. The number of hydrogen-bond acceptors (Lipinski definition) is 6. The summed E-state index contributed by atoms with van der Waals surface area (Å²) in [6, 6.07) is 7.36. The molecule has 1 unspecified atom stereocenters. The van der Waals surface area contributed by atoms with E-state index in [-0.39, 0.29) is 12.0 Å². The Bertz CT molecular complexity index is 682. The summed E-state index contributed by atoms with van der Waals surface area (Å²) in [5.41, 5.74) is 1.39. The van der Waals surface area contributed by atoms with Gasteiger partial charge in [0.05, 0.1) is 11.8 Å². The molecule has 1 fully saturated rings. The maximum atomic E-state index is 13.1. The fourth-order valence-electron chi connectivity index (χ4n) is 2.87. The van der Waals surface area contributed by atoms with Crippen LogP contribution in [0.1, 0.15) is 23.2 Å². The van der Waals surface area contributed by atoms with Gasteiger partial charge in [-0.1, -0.05) is 6.07 Å². The highest BCUT2D eigenvalue weighted by atomic mass is 16.5. The molecule has 1 saturated heterocycles. The van der Waals surface area contributed by atoms with Crippen LogP contribution in [0.4, 0.5) is 0 Å². The van der Waals surface area contributed by atoms with Gasteiger partial charge in [-0.2, -0.15) is 0 Å². The van der Waals surface area contributed by atoms with Crippen molar-refractivity contribution in [1.29, 1.82) is 0 Å². The van der Waals surface area contributed by atoms with Crippen LogP contribution < -0.4 is 0 Å². The summed E-state index contributed by atoms with van der Waals surface area (Å²) in [6.07, 6.45) is 3.72. The van der Waals surface area contributed by atoms with Gasteiger partial charge in [-0.15, -0.1) is 5.10 Å². The van der Waals surface area contributed by atoms with E-state index in [2.05, 4.69) is 20.4 Å². The first kappa shape index (κ1) is 17.5. The molecule has 0 spiro atoms. The molecule has 8 heteroatoms. The van der Waals surface area contributed by atoms with Gasteiger partial charge in [0.25, 0.3) is 5.91 Å². The lowest BCUT2D eigenvalue weighted by Crippen LogP contribution is -2.41. The van der Waals surface area contributed by atoms with Crippen molar-refractivity contribution in [2.75, 3.05) is 40.3 Å². The normalized spacial score (nSPS) is 17.2. The highest BCUT2D eigenvalue weighted by Crippen LogP contribution is 2.16. The van der Waals surface area contributed by atoms with Crippen LogP contribution in [0.15, 0.2) is 30.6 Å². The molecule has 0 saturated carbocycles. The second-order valence-corrected chi connectivity index (χ2v) is 6.49. The van der Waals surface area contributed by atoms with Crippen LogP contribution in [0, 0.1) is 0 Å². The summed E-state index contributed by atoms with van der Waals surface area (Å²) >= 11 is 0. The molecule has 2 heterocycles. The number of aromatic nitrogens is 4. The average Bonchev–Trinajstić information content (AvgIpc) is 3.31. The Morgan fingerprint density at radius 2 is 2.24 bits per heavy atom. The lowest BCUT2D eigenvalue weighted by molar-refractivity contribution is 0.0512. The van der Waals surface area contributed by atoms with Gasteiger partial charge >= 0.3 is 0 Å². The molecule has 1 aliphatic rings. The number of ether oxygens (including phenoxy) is 1. The van der Waals surface area contributed by atoms with E-state index < -0.39 is 0 Å². The van der Waals surface area contributed by atoms with E-state index in [4.69, 9.17) is 4.74 Å². The maximum Gasteiger partial charge on any atom is 0.254 e. The molecule has 0 radical (unpaired) electrons. The Labute approximate surface area is 147 Å². The molecular formula is C17H24N6O2. The van der Waals surface area contributed by atoms with Gasteiger partial charge in [-0.25, -0.2) is 4.68 Å². The highest BCUT2D eigenvalue weighted by molar-refractivity contribution is 5.94. The molecule has 1 aromatic heterocycles. The summed E-state index contributed by atoms with van der Waals surface area (Å²) < 4.78 is 7.26. The summed E-state index contributed by atoms with van der Waals surface area (Å²) in [6.45, 7) is 2.89. The number of benzene rings is 1. The fraction of sp³-hybridized carbons (Fsp3) is 0.529. The molecule has 2 aromatic rings. The molecular weight excluding hydrogens is 320 g/mol. The Hall–Kier alpha value is -2.32. The third kappa shape index (κ3) is 4.61. The quantitative estimate of drug-likeness (QED) is 0.741. The van der Waals surface area contributed by atoms with E-state index in [1.54, 1.807) is 4.68 Å². The minimum Gasteiger partial charge on any atom is -0.376 e. The molecule has 8 nitrogen and oxygen atoms in total. The van der Waals surface area contributed by atoms with Crippen LogP contribution in [0.5, 0.6) is 0 Å². The predicted octanol–water partition coefficient (Wildman–Crippen LogP) is 0.845. The van der Waals surface area contributed by atoms with Crippen molar-refractivity contribution in [2.45, 2.75) is 18.9 Å². The average molecular weight is 344 g/mol. The van der Waals surface area contributed by atoms with Crippen LogP contribution in [-0.2, 0) is 4.74 Å². The van der Waals surface area contributed by atoms with E-state index in [9.17, 15) is 4.79 Å². The number of amides is 1. The zero-order valence-electron chi connectivity index (χ0n) is 14.7. The SMILES string of the molecule is CN(C)CCN(CC1CCCO1)C(=O)c1cccc(-n2cnnn2)c1. The van der Waals surface area contributed by atoms with Gasteiger partial charge in [0, 0.05) is 31.8 Å². The Balaban J connectivity index is 1.77. The molecule has 25 heavy (non-hydrogen) atoms. The second-order valence-electron chi connectivity index (χ2n) is 6.49. The third-order valence-corrected chi connectivity index (χ3v) is 4.26. The monoisotopic (exact) mass is 344 g/mol. The van der Waals surface area contributed by atoms with Crippen molar-refractivity contribution < 1.29 is 9.53 Å². The summed E-state index contributed by atoms with van der Waals surface area (Å²) in [7, 11) is 4.01. The van der Waals surface area contributed by atoms with E-state index in [0.29, 0.717) is 18.7 Å².